The molecule has 0 bridgehead atoms. The summed E-state index contributed by atoms with van der Waals surface area (Å²) in [5.74, 6) is 0.359. The molecule has 0 spiro atoms. The van der Waals surface area contributed by atoms with Gasteiger partial charge in [-0.25, -0.2) is 4.98 Å². The van der Waals surface area contributed by atoms with Crippen LogP contribution in [0.3, 0.4) is 0 Å². The molecule has 1 aromatic carbocycles. The maximum absolute atomic E-state index is 11.5. The fraction of sp³-hybridized carbons (Fsp3) is 0.412. The van der Waals surface area contributed by atoms with Gasteiger partial charge in [0.1, 0.15) is 11.6 Å². The van der Waals surface area contributed by atoms with Crippen LogP contribution in [-0.2, 0) is 16.1 Å². The van der Waals surface area contributed by atoms with Crippen LogP contribution in [0.1, 0.15) is 37.9 Å². The lowest BCUT2D eigenvalue weighted by Crippen LogP contribution is -2.27. The molecule has 1 N–H and O–H groups in total. The normalized spacial score (nSPS) is 10.9. The largest absolute Gasteiger partial charge is 0.372 e. The topological polar surface area (TPSA) is 51.2 Å². The zero-order chi connectivity index (χ0) is 15.9. The third kappa shape index (κ3) is 4.64. The zero-order valence-corrected chi connectivity index (χ0v) is 14.1. The van der Waals surface area contributed by atoms with Crippen LogP contribution < -0.4 is 5.32 Å². The summed E-state index contributed by atoms with van der Waals surface area (Å²) in [5, 5.41) is 5.99. The molecule has 4 nitrogen and oxygen atoms in total. The number of carbonyl (C=O) groups is 1. The molecule has 0 atom stereocenters. The van der Waals surface area contributed by atoms with Crippen molar-refractivity contribution >= 4 is 17.2 Å². The molecule has 1 aromatic heterocycles. The molecule has 0 aliphatic rings. The first-order valence-corrected chi connectivity index (χ1v) is 8.37. The zero-order valence-electron chi connectivity index (χ0n) is 13.3. The second-order valence-electron chi connectivity index (χ2n) is 5.34. The summed E-state index contributed by atoms with van der Waals surface area (Å²) in [6, 6.07) is 8.14. The summed E-state index contributed by atoms with van der Waals surface area (Å²) < 4.78 is 5.06. The van der Waals surface area contributed by atoms with Crippen LogP contribution in [0.2, 0.25) is 0 Å². The highest BCUT2D eigenvalue weighted by Gasteiger charge is 2.07. The Morgan fingerprint density at radius 2 is 2.05 bits per heavy atom. The highest BCUT2D eigenvalue weighted by atomic mass is 32.1. The van der Waals surface area contributed by atoms with Gasteiger partial charge >= 0.3 is 0 Å². The van der Waals surface area contributed by atoms with Crippen molar-refractivity contribution in [2.24, 2.45) is 0 Å². The van der Waals surface area contributed by atoms with Crippen molar-refractivity contribution in [3.63, 3.8) is 0 Å². The maximum Gasteiger partial charge on any atom is 0.246 e. The van der Waals surface area contributed by atoms with Crippen LogP contribution in [0.4, 0.5) is 0 Å². The van der Waals surface area contributed by atoms with Crippen molar-refractivity contribution in [1.29, 1.82) is 0 Å². The maximum atomic E-state index is 11.5. The minimum absolute atomic E-state index is 0.0903. The summed E-state index contributed by atoms with van der Waals surface area (Å²) >= 11 is 1.67. The fourth-order valence-electron chi connectivity index (χ4n) is 1.90. The number of nitrogens with one attached hydrogen (secondary N) is 1. The standard InChI is InChI=1S/C17H22N2O2S/c1-4-21-10-16(20)18-9-13-5-7-14(8-6-13)17-19-15(11-22-17)12(2)3/h5-8,11-12H,4,9-10H2,1-3H3,(H,18,20). The van der Waals surface area contributed by atoms with Gasteiger partial charge in [-0.05, 0) is 18.4 Å². The number of amides is 1. The molecule has 1 amide bonds. The Labute approximate surface area is 135 Å². The molecule has 5 heteroatoms. The van der Waals surface area contributed by atoms with E-state index in [9.17, 15) is 4.79 Å². The molecule has 0 fully saturated rings. The van der Waals surface area contributed by atoms with E-state index in [1.807, 2.05) is 31.2 Å². The van der Waals surface area contributed by atoms with E-state index >= 15 is 0 Å². The molecule has 0 radical (unpaired) electrons. The van der Waals surface area contributed by atoms with Gasteiger partial charge in [-0.1, -0.05) is 38.1 Å². The second-order valence-corrected chi connectivity index (χ2v) is 6.20. The Kier molecular flexibility index (Phi) is 6.10. The highest BCUT2D eigenvalue weighted by molar-refractivity contribution is 7.13. The first-order valence-electron chi connectivity index (χ1n) is 7.49. The van der Waals surface area contributed by atoms with Crippen molar-refractivity contribution in [1.82, 2.24) is 10.3 Å². The number of ether oxygens (including phenoxy) is 1. The fourth-order valence-corrected chi connectivity index (χ4v) is 2.88. The van der Waals surface area contributed by atoms with Crippen LogP contribution in [0.25, 0.3) is 10.6 Å². The first-order chi connectivity index (χ1) is 10.6. The number of hydrogen-bond donors (Lipinski definition) is 1. The lowest BCUT2D eigenvalue weighted by atomic mass is 10.1. The van der Waals surface area contributed by atoms with Crippen molar-refractivity contribution < 1.29 is 9.53 Å². The van der Waals surface area contributed by atoms with Crippen molar-refractivity contribution in [3.8, 4) is 10.6 Å². The highest BCUT2D eigenvalue weighted by Crippen LogP contribution is 2.26. The Bertz CT molecular complexity index is 605. The van der Waals surface area contributed by atoms with Crippen LogP contribution in [-0.4, -0.2) is 24.1 Å². The van der Waals surface area contributed by atoms with E-state index in [0.717, 1.165) is 21.8 Å². The van der Waals surface area contributed by atoms with Gasteiger partial charge in [0.25, 0.3) is 0 Å². The summed E-state index contributed by atoms with van der Waals surface area (Å²) in [4.78, 5) is 16.1. The minimum Gasteiger partial charge on any atom is -0.372 e. The van der Waals surface area contributed by atoms with Crippen molar-refractivity contribution in [2.75, 3.05) is 13.2 Å². The van der Waals surface area contributed by atoms with E-state index in [1.165, 1.54) is 0 Å². The van der Waals surface area contributed by atoms with Crippen LogP contribution >= 0.6 is 11.3 Å². The molecule has 2 rings (SSSR count). The van der Waals surface area contributed by atoms with Crippen molar-refractivity contribution in [3.05, 3.63) is 40.9 Å². The number of benzene rings is 1. The molecule has 2 aromatic rings. The molecule has 0 saturated heterocycles. The molecule has 22 heavy (non-hydrogen) atoms. The van der Waals surface area contributed by atoms with Gasteiger partial charge in [-0.2, -0.15) is 0 Å². The van der Waals surface area contributed by atoms with Gasteiger partial charge in [0.05, 0.1) is 5.69 Å². The number of hydrogen-bond acceptors (Lipinski definition) is 4. The SMILES string of the molecule is CCOCC(=O)NCc1ccc(-c2nc(C(C)C)cs2)cc1. The minimum atomic E-state index is -0.0903. The van der Waals surface area contributed by atoms with E-state index in [0.29, 0.717) is 19.1 Å². The summed E-state index contributed by atoms with van der Waals surface area (Å²) in [6.07, 6.45) is 0. The van der Waals surface area contributed by atoms with Gasteiger partial charge < -0.3 is 10.1 Å². The number of nitrogens with zero attached hydrogens (tertiary/aromatic N) is 1. The van der Waals surface area contributed by atoms with Gasteiger partial charge in [-0.3, -0.25) is 4.79 Å². The monoisotopic (exact) mass is 318 g/mol. The average Bonchev–Trinajstić information content (AvgIpc) is 3.01. The molecular weight excluding hydrogens is 296 g/mol. The Hall–Kier alpha value is -1.72. The third-order valence-corrected chi connectivity index (χ3v) is 4.15. The second kappa shape index (κ2) is 8.06. The lowest BCUT2D eigenvalue weighted by Gasteiger charge is -2.06. The van der Waals surface area contributed by atoms with Gasteiger partial charge in [0, 0.05) is 24.1 Å². The lowest BCUT2D eigenvalue weighted by molar-refractivity contribution is -0.125. The van der Waals surface area contributed by atoms with Gasteiger partial charge in [0.2, 0.25) is 5.91 Å². The number of rotatable bonds is 7. The quantitative estimate of drug-likeness (QED) is 0.849. The summed E-state index contributed by atoms with van der Waals surface area (Å²) in [5.41, 5.74) is 3.31. The molecule has 0 aliphatic carbocycles. The predicted octanol–water partition coefficient (Wildman–Crippen LogP) is 3.59. The molecule has 0 saturated carbocycles. The number of thiazole rings is 1. The van der Waals surface area contributed by atoms with Crippen LogP contribution in [0.5, 0.6) is 0 Å². The van der Waals surface area contributed by atoms with E-state index in [1.54, 1.807) is 11.3 Å². The first kappa shape index (κ1) is 16.6. The average molecular weight is 318 g/mol. The Morgan fingerprint density at radius 3 is 2.64 bits per heavy atom. The van der Waals surface area contributed by atoms with Crippen molar-refractivity contribution in [2.45, 2.75) is 33.2 Å². The van der Waals surface area contributed by atoms with E-state index < -0.39 is 0 Å². The van der Waals surface area contributed by atoms with Crippen LogP contribution in [0.15, 0.2) is 29.6 Å². The molecule has 1 heterocycles. The Morgan fingerprint density at radius 1 is 1.32 bits per heavy atom. The number of carbonyl (C=O) groups excluding carboxylic acids is 1. The number of aromatic nitrogens is 1. The molecular formula is C17H22N2O2S. The van der Waals surface area contributed by atoms with E-state index in [4.69, 9.17) is 4.74 Å². The summed E-state index contributed by atoms with van der Waals surface area (Å²) in [7, 11) is 0. The van der Waals surface area contributed by atoms with Crippen LogP contribution in [0, 0.1) is 0 Å². The van der Waals surface area contributed by atoms with E-state index in [-0.39, 0.29) is 12.5 Å². The van der Waals surface area contributed by atoms with Gasteiger partial charge in [-0.15, -0.1) is 11.3 Å². The van der Waals surface area contributed by atoms with Gasteiger partial charge in [0.15, 0.2) is 0 Å². The van der Waals surface area contributed by atoms with E-state index in [2.05, 4.69) is 29.5 Å². The summed E-state index contributed by atoms with van der Waals surface area (Å²) in [6.45, 7) is 7.34. The molecule has 118 valence electrons. The molecule has 0 unspecified atom stereocenters. The predicted molar refractivity (Wildman–Crippen MR) is 90.0 cm³/mol. The smallest absolute Gasteiger partial charge is 0.246 e. The molecule has 0 aliphatic heterocycles. The Balaban J connectivity index is 1.93. The third-order valence-electron chi connectivity index (χ3n) is 3.24.